The third-order valence-corrected chi connectivity index (χ3v) is 2.62. The number of methoxy groups -OCH3 is 1. The third kappa shape index (κ3) is 3.94. The average molecular weight is 290 g/mol. The van der Waals surface area contributed by atoms with Crippen LogP contribution >= 0.6 is 23.2 Å². The Morgan fingerprint density at radius 3 is 2.89 bits per heavy atom. The van der Waals surface area contributed by atoms with E-state index in [1.54, 1.807) is 13.2 Å². The van der Waals surface area contributed by atoms with Gasteiger partial charge in [0.05, 0.1) is 12.2 Å². The van der Waals surface area contributed by atoms with E-state index in [4.69, 9.17) is 27.9 Å². The molecule has 0 unspecified atom stereocenters. The first-order chi connectivity index (χ1) is 8.60. The number of aromatic nitrogens is 2. The molecule has 0 fully saturated rings. The lowest BCUT2D eigenvalue weighted by Gasteiger charge is -2.20. The van der Waals surface area contributed by atoms with E-state index in [1.165, 1.54) is 11.0 Å². The fraction of sp³-hybridized carbons (Fsp3) is 0.364. The highest BCUT2D eigenvalue weighted by Crippen LogP contribution is 2.17. The lowest BCUT2D eigenvalue weighted by molar-refractivity contribution is 0.0717. The lowest BCUT2D eigenvalue weighted by Crippen LogP contribution is -2.34. The molecule has 0 radical (unpaired) electrons. The first-order valence-electron chi connectivity index (χ1n) is 5.18. The van der Waals surface area contributed by atoms with Crippen molar-refractivity contribution in [3.8, 4) is 0 Å². The summed E-state index contributed by atoms with van der Waals surface area (Å²) in [4.78, 5) is 13.8. The van der Waals surface area contributed by atoms with Crippen molar-refractivity contribution in [1.82, 2.24) is 15.1 Å². The molecule has 5 nitrogen and oxygen atoms in total. The van der Waals surface area contributed by atoms with Gasteiger partial charge in [0.15, 0.2) is 10.3 Å². The van der Waals surface area contributed by atoms with Gasteiger partial charge in [0, 0.05) is 20.2 Å². The van der Waals surface area contributed by atoms with Gasteiger partial charge >= 0.3 is 0 Å². The van der Waals surface area contributed by atoms with E-state index in [-0.39, 0.29) is 21.8 Å². The van der Waals surface area contributed by atoms with E-state index in [2.05, 4.69) is 16.8 Å². The second-order valence-corrected chi connectivity index (χ2v) is 4.15. The number of nitrogens with zero attached hydrogens (tertiary/aromatic N) is 3. The van der Waals surface area contributed by atoms with Crippen LogP contribution in [0.3, 0.4) is 0 Å². The minimum absolute atomic E-state index is 0.0240. The molecule has 0 aliphatic heterocycles. The summed E-state index contributed by atoms with van der Waals surface area (Å²) in [5.74, 6) is -0.284. The molecule has 1 aromatic rings. The van der Waals surface area contributed by atoms with Crippen molar-refractivity contribution in [2.75, 3.05) is 26.8 Å². The van der Waals surface area contributed by atoms with Gasteiger partial charge in [-0.05, 0) is 6.07 Å². The van der Waals surface area contributed by atoms with Gasteiger partial charge in [-0.2, -0.15) is 0 Å². The Morgan fingerprint density at radius 2 is 2.28 bits per heavy atom. The summed E-state index contributed by atoms with van der Waals surface area (Å²) in [5, 5.41) is 7.30. The van der Waals surface area contributed by atoms with E-state index in [0.717, 1.165) is 0 Å². The number of carbonyl (C=O) groups is 1. The quantitative estimate of drug-likeness (QED) is 0.752. The largest absolute Gasteiger partial charge is 0.383 e. The third-order valence-electron chi connectivity index (χ3n) is 2.15. The zero-order chi connectivity index (χ0) is 13.5. The van der Waals surface area contributed by atoms with Crippen LogP contribution in [0.4, 0.5) is 0 Å². The van der Waals surface area contributed by atoms with Crippen molar-refractivity contribution in [2.24, 2.45) is 0 Å². The van der Waals surface area contributed by atoms with Gasteiger partial charge in [-0.25, -0.2) is 0 Å². The topological polar surface area (TPSA) is 55.3 Å². The van der Waals surface area contributed by atoms with Gasteiger partial charge in [0.2, 0.25) is 0 Å². The number of halogens is 2. The number of hydrogen-bond acceptors (Lipinski definition) is 4. The zero-order valence-electron chi connectivity index (χ0n) is 9.90. The Morgan fingerprint density at radius 1 is 1.56 bits per heavy atom. The van der Waals surface area contributed by atoms with Crippen LogP contribution in [0.1, 0.15) is 10.4 Å². The highest BCUT2D eigenvalue weighted by atomic mass is 35.5. The van der Waals surface area contributed by atoms with E-state index in [9.17, 15) is 4.79 Å². The summed E-state index contributed by atoms with van der Waals surface area (Å²) in [5.41, 5.74) is 0.217. The van der Waals surface area contributed by atoms with Crippen LogP contribution in [0.25, 0.3) is 0 Å². The molecule has 7 heteroatoms. The van der Waals surface area contributed by atoms with Crippen LogP contribution in [-0.2, 0) is 4.74 Å². The molecule has 0 saturated heterocycles. The smallest absolute Gasteiger partial charge is 0.257 e. The molecule has 0 aliphatic carbocycles. The summed E-state index contributed by atoms with van der Waals surface area (Å²) < 4.78 is 4.94. The maximum atomic E-state index is 12.2. The predicted octanol–water partition coefficient (Wildman–Crippen LogP) is 2.06. The molecule has 1 amide bonds. The fourth-order valence-corrected chi connectivity index (χ4v) is 1.63. The molecule has 1 rings (SSSR count). The monoisotopic (exact) mass is 289 g/mol. The second kappa shape index (κ2) is 7.31. The number of ether oxygens (including phenoxy) is 1. The summed E-state index contributed by atoms with van der Waals surface area (Å²) in [6, 6.07) is 1.39. The molecule has 0 bridgehead atoms. The molecular formula is C11H13Cl2N3O2. The zero-order valence-corrected chi connectivity index (χ0v) is 11.4. The molecule has 1 aromatic heterocycles. The van der Waals surface area contributed by atoms with Gasteiger partial charge in [-0.3, -0.25) is 4.79 Å². The minimum Gasteiger partial charge on any atom is -0.383 e. The number of hydrogen-bond donors (Lipinski definition) is 0. The second-order valence-electron chi connectivity index (χ2n) is 3.40. The van der Waals surface area contributed by atoms with Crippen LogP contribution in [0, 0.1) is 0 Å². The van der Waals surface area contributed by atoms with Gasteiger partial charge in [0.25, 0.3) is 5.91 Å². The molecule has 1 heterocycles. The number of carbonyl (C=O) groups excluding carboxylic acids is 1. The predicted molar refractivity (Wildman–Crippen MR) is 70.0 cm³/mol. The van der Waals surface area contributed by atoms with Crippen LogP contribution in [0.15, 0.2) is 18.7 Å². The van der Waals surface area contributed by atoms with Crippen LogP contribution in [-0.4, -0.2) is 47.8 Å². The lowest BCUT2D eigenvalue weighted by atomic mass is 10.2. The Hall–Kier alpha value is -1.17. The summed E-state index contributed by atoms with van der Waals surface area (Å²) >= 11 is 11.5. The average Bonchev–Trinajstić information content (AvgIpc) is 2.36. The van der Waals surface area contributed by atoms with Crippen molar-refractivity contribution in [1.29, 1.82) is 0 Å². The van der Waals surface area contributed by atoms with Crippen molar-refractivity contribution in [3.63, 3.8) is 0 Å². The maximum Gasteiger partial charge on any atom is 0.257 e. The van der Waals surface area contributed by atoms with Gasteiger partial charge in [0.1, 0.15) is 0 Å². The summed E-state index contributed by atoms with van der Waals surface area (Å²) in [7, 11) is 1.56. The molecule has 18 heavy (non-hydrogen) atoms. The highest BCUT2D eigenvalue weighted by molar-refractivity contribution is 6.34. The SMILES string of the molecule is C=CCN(CCOC)C(=O)c1cc(Cl)nnc1Cl. The molecule has 98 valence electrons. The van der Waals surface area contributed by atoms with Crippen LogP contribution < -0.4 is 0 Å². The van der Waals surface area contributed by atoms with E-state index in [0.29, 0.717) is 19.7 Å². The first kappa shape index (κ1) is 14.9. The van der Waals surface area contributed by atoms with Crippen LogP contribution in [0.2, 0.25) is 10.3 Å². The molecular weight excluding hydrogens is 277 g/mol. The fourth-order valence-electron chi connectivity index (χ4n) is 1.31. The van der Waals surface area contributed by atoms with Crippen LogP contribution in [0.5, 0.6) is 0 Å². The van der Waals surface area contributed by atoms with Crippen molar-refractivity contribution in [3.05, 3.63) is 34.6 Å². The van der Waals surface area contributed by atoms with E-state index in [1.807, 2.05) is 0 Å². The van der Waals surface area contributed by atoms with E-state index < -0.39 is 0 Å². The highest BCUT2D eigenvalue weighted by Gasteiger charge is 2.19. The summed E-state index contributed by atoms with van der Waals surface area (Å²) in [6.45, 7) is 4.84. The Balaban J connectivity index is 2.93. The van der Waals surface area contributed by atoms with Crippen molar-refractivity contribution >= 4 is 29.1 Å². The molecule has 0 aromatic carbocycles. The first-order valence-corrected chi connectivity index (χ1v) is 5.93. The van der Waals surface area contributed by atoms with Crippen molar-refractivity contribution in [2.45, 2.75) is 0 Å². The number of amides is 1. The molecule has 0 saturated carbocycles. The summed E-state index contributed by atoms with van der Waals surface area (Å²) in [6.07, 6.45) is 1.62. The maximum absolute atomic E-state index is 12.2. The standard InChI is InChI=1S/C11H13Cl2N3O2/c1-3-4-16(5-6-18-2)11(17)8-7-9(12)14-15-10(8)13/h3,7H,1,4-6H2,2H3. The Labute approximate surface area is 115 Å². The van der Waals surface area contributed by atoms with Crippen molar-refractivity contribution < 1.29 is 9.53 Å². The van der Waals surface area contributed by atoms with Gasteiger partial charge < -0.3 is 9.64 Å². The van der Waals surface area contributed by atoms with E-state index >= 15 is 0 Å². The number of rotatable bonds is 6. The molecule has 0 atom stereocenters. The minimum atomic E-state index is -0.284. The van der Waals surface area contributed by atoms with Gasteiger partial charge in [-0.15, -0.1) is 16.8 Å². The molecule has 0 spiro atoms. The normalized spacial score (nSPS) is 10.2. The molecule has 0 aliphatic rings. The Bertz CT molecular complexity index is 440. The molecule has 0 N–H and O–H groups in total. The van der Waals surface area contributed by atoms with Gasteiger partial charge in [-0.1, -0.05) is 29.3 Å². The Kier molecular flexibility index (Phi) is 6.04.